The molecule has 0 atom stereocenters. The van der Waals surface area contributed by atoms with E-state index in [0.29, 0.717) is 11.7 Å². The van der Waals surface area contributed by atoms with E-state index in [1.807, 2.05) is 0 Å². The van der Waals surface area contributed by atoms with Crippen LogP contribution in [0.2, 0.25) is 0 Å². The second-order valence-corrected chi connectivity index (χ2v) is 5.72. The number of hydrazine groups is 1. The van der Waals surface area contributed by atoms with E-state index < -0.39 is 0 Å². The van der Waals surface area contributed by atoms with Gasteiger partial charge in [-0.05, 0) is 25.0 Å². The summed E-state index contributed by atoms with van der Waals surface area (Å²) in [5.74, 6) is 6.52. The zero-order chi connectivity index (χ0) is 13.8. The summed E-state index contributed by atoms with van der Waals surface area (Å²) in [6.07, 6.45) is 1.54. The molecule has 1 aromatic heterocycles. The van der Waals surface area contributed by atoms with Gasteiger partial charge < -0.3 is 5.43 Å². The highest BCUT2D eigenvalue weighted by molar-refractivity contribution is 7.99. The molecule has 100 valence electrons. The summed E-state index contributed by atoms with van der Waals surface area (Å²) < 4.78 is 0. The molecule has 0 amide bonds. The lowest BCUT2D eigenvalue weighted by Crippen LogP contribution is -2.13. The minimum absolute atomic E-state index is 0.306. The average Bonchev–Trinajstić information content (AvgIpc) is 2.40. The molecule has 0 bridgehead atoms. The highest BCUT2D eigenvalue weighted by Crippen LogP contribution is 2.35. The lowest BCUT2D eigenvalue weighted by Gasteiger charge is -2.14. The monoisotopic (exact) mass is 274 g/mol. The van der Waals surface area contributed by atoms with Gasteiger partial charge in [0, 0.05) is 10.5 Å². The maximum absolute atomic E-state index is 5.52. The third-order valence-corrected chi connectivity index (χ3v) is 3.82. The van der Waals surface area contributed by atoms with E-state index >= 15 is 0 Å². The Morgan fingerprint density at radius 3 is 2.42 bits per heavy atom. The molecule has 2 rings (SSSR count). The standard InChI is InChI=1S/C14H18N4S/c1-9(2)12-13(18-15)16-8-17-14(12)19-11-6-4-10(3)5-7-11/h4-9H,15H2,1-3H3,(H,16,17,18). The first-order valence-corrected chi connectivity index (χ1v) is 6.99. The summed E-state index contributed by atoms with van der Waals surface area (Å²) in [6.45, 7) is 6.30. The zero-order valence-corrected chi connectivity index (χ0v) is 12.2. The van der Waals surface area contributed by atoms with E-state index in [-0.39, 0.29) is 0 Å². The fraction of sp³-hybridized carbons (Fsp3) is 0.286. The third-order valence-electron chi connectivity index (χ3n) is 2.80. The summed E-state index contributed by atoms with van der Waals surface area (Å²) in [4.78, 5) is 9.72. The van der Waals surface area contributed by atoms with Crippen molar-refractivity contribution in [3.8, 4) is 0 Å². The topological polar surface area (TPSA) is 63.8 Å². The third kappa shape index (κ3) is 3.24. The van der Waals surface area contributed by atoms with Crippen LogP contribution in [-0.4, -0.2) is 9.97 Å². The Labute approximate surface area is 117 Å². The van der Waals surface area contributed by atoms with Crippen LogP contribution >= 0.6 is 11.8 Å². The lowest BCUT2D eigenvalue weighted by molar-refractivity contribution is 0.804. The largest absolute Gasteiger partial charge is 0.308 e. The van der Waals surface area contributed by atoms with E-state index in [1.54, 1.807) is 11.8 Å². The summed E-state index contributed by atoms with van der Waals surface area (Å²) in [7, 11) is 0. The number of nitrogens with two attached hydrogens (primary N) is 1. The molecule has 0 aliphatic rings. The summed E-state index contributed by atoms with van der Waals surface area (Å²) in [5, 5.41) is 0.946. The quantitative estimate of drug-likeness (QED) is 0.508. The van der Waals surface area contributed by atoms with Crippen LogP contribution in [0.15, 0.2) is 40.5 Å². The Morgan fingerprint density at radius 2 is 1.84 bits per heavy atom. The molecular weight excluding hydrogens is 256 g/mol. The zero-order valence-electron chi connectivity index (χ0n) is 11.3. The van der Waals surface area contributed by atoms with Crippen LogP contribution in [0.5, 0.6) is 0 Å². The van der Waals surface area contributed by atoms with Crippen molar-refractivity contribution in [2.24, 2.45) is 5.84 Å². The number of nitrogens with one attached hydrogen (secondary N) is 1. The SMILES string of the molecule is Cc1ccc(Sc2ncnc(NN)c2C(C)C)cc1. The lowest BCUT2D eigenvalue weighted by atomic mass is 10.1. The summed E-state index contributed by atoms with van der Waals surface area (Å²) in [5.41, 5.74) is 4.95. The van der Waals surface area contributed by atoms with Crippen molar-refractivity contribution in [2.45, 2.75) is 36.6 Å². The van der Waals surface area contributed by atoms with Gasteiger partial charge in [-0.3, -0.25) is 0 Å². The van der Waals surface area contributed by atoms with Gasteiger partial charge in [0.05, 0.1) is 0 Å². The fourth-order valence-corrected chi connectivity index (χ4v) is 2.85. The molecule has 0 aliphatic carbocycles. The van der Waals surface area contributed by atoms with Gasteiger partial charge in [-0.25, -0.2) is 15.8 Å². The van der Waals surface area contributed by atoms with Crippen LogP contribution in [0.1, 0.15) is 30.9 Å². The Balaban J connectivity index is 2.36. The first kappa shape index (κ1) is 13.8. The number of anilines is 1. The van der Waals surface area contributed by atoms with Gasteiger partial charge >= 0.3 is 0 Å². The minimum Gasteiger partial charge on any atom is -0.308 e. The Hall–Kier alpha value is -1.59. The van der Waals surface area contributed by atoms with Gasteiger partial charge in [-0.2, -0.15) is 0 Å². The van der Waals surface area contributed by atoms with Crippen LogP contribution in [0.25, 0.3) is 0 Å². The molecule has 4 nitrogen and oxygen atoms in total. The highest BCUT2D eigenvalue weighted by Gasteiger charge is 2.15. The first-order chi connectivity index (χ1) is 9.11. The van der Waals surface area contributed by atoms with Crippen molar-refractivity contribution in [2.75, 3.05) is 5.43 Å². The van der Waals surface area contributed by atoms with E-state index in [9.17, 15) is 0 Å². The van der Waals surface area contributed by atoms with E-state index in [2.05, 4.69) is 60.4 Å². The molecule has 0 radical (unpaired) electrons. The van der Waals surface area contributed by atoms with Crippen molar-refractivity contribution < 1.29 is 0 Å². The van der Waals surface area contributed by atoms with Gasteiger partial charge in [0.2, 0.25) is 0 Å². The van der Waals surface area contributed by atoms with Gasteiger partial charge in [-0.1, -0.05) is 43.3 Å². The molecule has 19 heavy (non-hydrogen) atoms. The molecule has 5 heteroatoms. The molecule has 0 saturated heterocycles. The average molecular weight is 274 g/mol. The minimum atomic E-state index is 0.306. The molecule has 0 aliphatic heterocycles. The number of benzene rings is 1. The molecule has 0 unspecified atom stereocenters. The predicted molar refractivity (Wildman–Crippen MR) is 79.2 cm³/mol. The van der Waals surface area contributed by atoms with Crippen LogP contribution in [-0.2, 0) is 0 Å². The van der Waals surface area contributed by atoms with Crippen molar-refractivity contribution in [3.63, 3.8) is 0 Å². The van der Waals surface area contributed by atoms with Crippen molar-refractivity contribution in [1.82, 2.24) is 9.97 Å². The van der Waals surface area contributed by atoms with Crippen LogP contribution < -0.4 is 11.3 Å². The van der Waals surface area contributed by atoms with Gasteiger partial charge in [0.1, 0.15) is 17.2 Å². The van der Waals surface area contributed by atoms with E-state index in [0.717, 1.165) is 15.5 Å². The number of rotatable bonds is 4. The van der Waals surface area contributed by atoms with Crippen LogP contribution in [0.3, 0.4) is 0 Å². The van der Waals surface area contributed by atoms with Crippen LogP contribution in [0, 0.1) is 6.92 Å². The number of hydrogen-bond acceptors (Lipinski definition) is 5. The van der Waals surface area contributed by atoms with E-state index in [1.165, 1.54) is 11.9 Å². The Morgan fingerprint density at radius 1 is 1.16 bits per heavy atom. The van der Waals surface area contributed by atoms with Crippen molar-refractivity contribution in [3.05, 3.63) is 41.7 Å². The summed E-state index contributed by atoms with van der Waals surface area (Å²) in [6, 6.07) is 8.39. The molecule has 0 saturated carbocycles. The number of hydrogen-bond donors (Lipinski definition) is 2. The molecule has 2 aromatic rings. The molecule has 1 heterocycles. The molecule has 0 spiro atoms. The maximum atomic E-state index is 5.52. The van der Waals surface area contributed by atoms with Gasteiger partial charge in [0.25, 0.3) is 0 Å². The number of nitrogens with zero attached hydrogens (tertiary/aromatic N) is 2. The normalized spacial score (nSPS) is 10.8. The van der Waals surface area contributed by atoms with Crippen molar-refractivity contribution >= 4 is 17.6 Å². The van der Waals surface area contributed by atoms with E-state index in [4.69, 9.17) is 5.84 Å². The Kier molecular flexibility index (Phi) is 4.39. The Bertz CT molecular complexity index is 552. The number of aryl methyl sites for hydroxylation is 1. The second-order valence-electron chi connectivity index (χ2n) is 4.66. The first-order valence-electron chi connectivity index (χ1n) is 6.18. The maximum Gasteiger partial charge on any atom is 0.147 e. The van der Waals surface area contributed by atoms with Crippen molar-refractivity contribution in [1.29, 1.82) is 0 Å². The predicted octanol–water partition coefficient (Wildman–Crippen LogP) is 3.35. The smallest absolute Gasteiger partial charge is 0.147 e. The summed E-state index contributed by atoms with van der Waals surface area (Å²) >= 11 is 1.63. The fourth-order valence-electron chi connectivity index (χ4n) is 1.81. The van der Waals surface area contributed by atoms with Gasteiger partial charge in [-0.15, -0.1) is 0 Å². The molecular formula is C14H18N4S. The molecule has 3 N–H and O–H groups in total. The second kappa shape index (κ2) is 6.04. The molecule has 0 fully saturated rings. The molecule has 1 aromatic carbocycles. The van der Waals surface area contributed by atoms with Gasteiger partial charge in [0.15, 0.2) is 0 Å². The number of nitrogen functional groups attached to an aromatic ring is 1. The van der Waals surface area contributed by atoms with Crippen LogP contribution in [0.4, 0.5) is 5.82 Å². The highest BCUT2D eigenvalue weighted by atomic mass is 32.2. The number of aromatic nitrogens is 2.